The van der Waals surface area contributed by atoms with Gasteiger partial charge in [-0.05, 0) is 49.9 Å². The Kier molecular flexibility index (Phi) is 4.43. The predicted octanol–water partition coefficient (Wildman–Crippen LogP) is 4.02. The van der Waals surface area contributed by atoms with Gasteiger partial charge in [-0.3, -0.25) is 14.2 Å². The van der Waals surface area contributed by atoms with E-state index in [-0.39, 0.29) is 22.8 Å². The van der Waals surface area contributed by atoms with E-state index in [2.05, 4.69) is 0 Å². The van der Waals surface area contributed by atoms with Crippen molar-refractivity contribution in [2.45, 2.75) is 42.1 Å². The van der Waals surface area contributed by atoms with Gasteiger partial charge in [-0.25, -0.2) is 4.98 Å². The predicted molar refractivity (Wildman–Crippen MR) is 112 cm³/mol. The van der Waals surface area contributed by atoms with Gasteiger partial charge in [0.2, 0.25) is 5.91 Å². The molecule has 5 rings (SSSR count). The molecule has 142 valence electrons. The molecule has 1 aromatic heterocycles. The van der Waals surface area contributed by atoms with E-state index in [0.717, 1.165) is 37.9 Å². The summed E-state index contributed by atoms with van der Waals surface area (Å²) in [5.74, 6) is 0.104. The Morgan fingerprint density at radius 2 is 1.68 bits per heavy atom. The molecule has 1 saturated carbocycles. The minimum atomic E-state index is -0.216. The molecule has 1 atom stereocenters. The van der Waals surface area contributed by atoms with E-state index in [9.17, 15) is 9.59 Å². The lowest BCUT2D eigenvalue weighted by atomic mass is 10.1. The van der Waals surface area contributed by atoms with E-state index in [1.807, 2.05) is 64.1 Å². The second-order valence-corrected chi connectivity index (χ2v) is 8.56. The molecule has 2 aromatic carbocycles. The summed E-state index contributed by atoms with van der Waals surface area (Å²) in [6, 6.07) is 17.5. The van der Waals surface area contributed by atoms with Gasteiger partial charge >= 0.3 is 0 Å². The number of para-hydroxylation sites is 2. The van der Waals surface area contributed by atoms with Crippen molar-refractivity contribution >= 4 is 34.3 Å². The Labute approximate surface area is 167 Å². The number of amides is 1. The van der Waals surface area contributed by atoms with Crippen molar-refractivity contribution in [3.05, 3.63) is 65.0 Å². The molecule has 6 heteroatoms. The van der Waals surface area contributed by atoms with Crippen LogP contribution in [-0.4, -0.2) is 27.3 Å². The molecule has 28 heavy (non-hydrogen) atoms. The first-order chi connectivity index (χ1) is 13.7. The molecule has 1 aliphatic carbocycles. The standard InChI is InChI=1S/C22H21N3O2S/c26-20-17-9-4-5-10-18(17)23-22(25(20)16-12-13-16)28-19-11-6-14-24(21(19)27)15-7-2-1-3-8-15/h1-5,7-10,16,19H,6,11-14H2. The lowest BCUT2D eigenvalue weighted by molar-refractivity contribution is -0.119. The first-order valence-electron chi connectivity index (χ1n) is 9.77. The highest BCUT2D eigenvalue weighted by molar-refractivity contribution is 8.00. The summed E-state index contributed by atoms with van der Waals surface area (Å²) in [7, 11) is 0. The summed E-state index contributed by atoms with van der Waals surface area (Å²) in [5, 5.41) is 1.12. The van der Waals surface area contributed by atoms with Crippen molar-refractivity contribution in [3.8, 4) is 0 Å². The third kappa shape index (κ3) is 3.11. The summed E-state index contributed by atoms with van der Waals surface area (Å²) < 4.78 is 1.82. The molecule has 2 aliphatic rings. The SMILES string of the molecule is O=C1C(Sc2nc3ccccc3c(=O)n2C2CC2)CCCN1c1ccccc1. The van der Waals surface area contributed by atoms with Gasteiger partial charge in [0.15, 0.2) is 5.16 Å². The van der Waals surface area contributed by atoms with Crippen LogP contribution in [0.3, 0.4) is 0 Å². The topological polar surface area (TPSA) is 55.2 Å². The fraction of sp³-hybridized carbons (Fsp3) is 0.318. The lowest BCUT2D eigenvalue weighted by Gasteiger charge is -2.32. The second kappa shape index (κ2) is 7.09. The van der Waals surface area contributed by atoms with Crippen LogP contribution < -0.4 is 10.5 Å². The fourth-order valence-electron chi connectivity index (χ4n) is 3.81. The fourth-order valence-corrected chi connectivity index (χ4v) is 5.07. The molecule has 3 aromatic rings. The molecular weight excluding hydrogens is 370 g/mol. The number of thioether (sulfide) groups is 1. The van der Waals surface area contributed by atoms with Crippen LogP contribution in [0.1, 0.15) is 31.7 Å². The summed E-state index contributed by atoms with van der Waals surface area (Å²) in [6.45, 7) is 0.737. The number of hydrogen-bond donors (Lipinski definition) is 0. The number of fused-ring (bicyclic) bond motifs is 1. The monoisotopic (exact) mass is 391 g/mol. The summed E-state index contributed by atoms with van der Waals surface area (Å²) >= 11 is 1.46. The summed E-state index contributed by atoms with van der Waals surface area (Å²) in [4.78, 5) is 32.9. The maximum atomic E-state index is 13.2. The molecule has 1 unspecified atom stereocenters. The van der Waals surface area contributed by atoms with Gasteiger partial charge in [0.05, 0.1) is 16.2 Å². The Hall–Kier alpha value is -2.60. The average molecular weight is 391 g/mol. The van der Waals surface area contributed by atoms with E-state index in [0.29, 0.717) is 16.1 Å². The highest BCUT2D eigenvalue weighted by Gasteiger charge is 2.34. The number of benzene rings is 2. The number of carbonyl (C=O) groups excluding carboxylic acids is 1. The molecule has 2 fully saturated rings. The summed E-state index contributed by atoms with van der Waals surface area (Å²) in [6.07, 6.45) is 3.75. The normalized spacial score (nSPS) is 19.9. The van der Waals surface area contributed by atoms with Crippen LogP contribution >= 0.6 is 11.8 Å². The number of anilines is 1. The maximum Gasteiger partial charge on any atom is 0.262 e. The first kappa shape index (κ1) is 17.5. The number of hydrogen-bond acceptors (Lipinski definition) is 4. The van der Waals surface area contributed by atoms with Crippen LogP contribution in [0, 0.1) is 0 Å². The zero-order valence-corrected chi connectivity index (χ0v) is 16.3. The zero-order valence-electron chi connectivity index (χ0n) is 15.5. The molecule has 5 nitrogen and oxygen atoms in total. The third-order valence-corrected chi connectivity index (χ3v) is 6.61. The minimum absolute atomic E-state index is 0.0128. The van der Waals surface area contributed by atoms with E-state index in [1.165, 1.54) is 11.8 Å². The quantitative estimate of drug-likeness (QED) is 0.631. The van der Waals surface area contributed by atoms with Crippen molar-refractivity contribution < 1.29 is 4.79 Å². The van der Waals surface area contributed by atoms with Crippen LogP contribution in [0.25, 0.3) is 10.9 Å². The number of piperidine rings is 1. The molecule has 1 saturated heterocycles. The molecule has 0 bridgehead atoms. The van der Waals surface area contributed by atoms with Crippen LogP contribution in [0.5, 0.6) is 0 Å². The van der Waals surface area contributed by atoms with E-state index < -0.39 is 0 Å². The largest absolute Gasteiger partial charge is 0.311 e. The van der Waals surface area contributed by atoms with Crippen LogP contribution in [0.15, 0.2) is 64.5 Å². The molecule has 0 N–H and O–H groups in total. The van der Waals surface area contributed by atoms with Crippen LogP contribution in [0.2, 0.25) is 0 Å². The van der Waals surface area contributed by atoms with Crippen molar-refractivity contribution in [1.82, 2.24) is 9.55 Å². The molecule has 1 aliphatic heterocycles. The van der Waals surface area contributed by atoms with Crippen molar-refractivity contribution in [3.63, 3.8) is 0 Å². The maximum absolute atomic E-state index is 13.2. The molecule has 2 heterocycles. The van der Waals surface area contributed by atoms with Gasteiger partial charge in [-0.1, -0.05) is 42.1 Å². The van der Waals surface area contributed by atoms with Crippen molar-refractivity contribution in [2.24, 2.45) is 0 Å². The van der Waals surface area contributed by atoms with E-state index >= 15 is 0 Å². The van der Waals surface area contributed by atoms with Crippen LogP contribution in [-0.2, 0) is 4.79 Å². The summed E-state index contributed by atoms with van der Waals surface area (Å²) in [5.41, 5.74) is 1.65. The second-order valence-electron chi connectivity index (χ2n) is 7.39. The Bertz CT molecular complexity index is 1090. The van der Waals surface area contributed by atoms with E-state index in [1.54, 1.807) is 0 Å². The van der Waals surface area contributed by atoms with E-state index in [4.69, 9.17) is 4.98 Å². The van der Waals surface area contributed by atoms with Gasteiger partial charge in [0.25, 0.3) is 5.56 Å². The Morgan fingerprint density at radius 3 is 2.46 bits per heavy atom. The Morgan fingerprint density at radius 1 is 0.929 bits per heavy atom. The number of aromatic nitrogens is 2. The first-order valence-corrected chi connectivity index (χ1v) is 10.6. The van der Waals surface area contributed by atoms with Gasteiger partial charge < -0.3 is 4.90 Å². The van der Waals surface area contributed by atoms with Crippen molar-refractivity contribution in [1.29, 1.82) is 0 Å². The number of rotatable bonds is 4. The highest BCUT2D eigenvalue weighted by atomic mass is 32.2. The minimum Gasteiger partial charge on any atom is -0.311 e. The lowest BCUT2D eigenvalue weighted by Crippen LogP contribution is -2.43. The molecule has 0 spiro atoms. The smallest absolute Gasteiger partial charge is 0.262 e. The van der Waals surface area contributed by atoms with Crippen molar-refractivity contribution in [2.75, 3.05) is 11.4 Å². The number of carbonyl (C=O) groups is 1. The molecule has 1 amide bonds. The highest BCUT2D eigenvalue weighted by Crippen LogP contribution is 2.39. The Balaban J connectivity index is 1.50. The van der Waals surface area contributed by atoms with Gasteiger partial charge in [-0.15, -0.1) is 0 Å². The average Bonchev–Trinajstić information content (AvgIpc) is 3.55. The number of nitrogens with zero attached hydrogens (tertiary/aromatic N) is 3. The molecule has 0 radical (unpaired) electrons. The zero-order chi connectivity index (χ0) is 19.1. The van der Waals surface area contributed by atoms with Crippen LogP contribution in [0.4, 0.5) is 5.69 Å². The third-order valence-electron chi connectivity index (χ3n) is 5.39. The van der Waals surface area contributed by atoms with Gasteiger partial charge in [0.1, 0.15) is 0 Å². The molecular formula is C22H21N3O2S. The van der Waals surface area contributed by atoms with Gasteiger partial charge in [-0.2, -0.15) is 0 Å². The van der Waals surface area contributed by atoms with Gasteiger partial charge in [0, 0.05) is 18.3 Å².